The molecular weight excluding hydrogens is 358 g/mol. The van der Waals surface area contributed by atoms with E-state index in [1.807, 2.05) is 60.8 Å². The lowest BCUT2D eigenvalue weighted by Gasteiger charge is -2.25. The van der Waals surface area contributed by atoms with Crippen molar-refractivity contribution in [2.75, 3.05) is 0 Å². The van der Waals surface area contributed by atoms with E-state index >= 15 is 0 Å². The molecular formula is C22H19NO3S. The number of hydrogen-bond acceptors (Lipinski definition) is 4. The lowest BCUT2D eigenvalue weighted by Crippen LogP contribution is -2.27. The average Bonchev–Trinajstić information content (AvgIpc) is 3.23. The second-order valence-electron chi connectivity index (χ2n) is 6.59. The number of carbonyl (C=O) groups excluding carboxylic acids is 2. The quantitative estimate of drug-likeness (QED) is 0.671. The summed E-state index contributed by atoms with van der Waals surface area (Å²) in [5.41, 5.74) is 2.89. The van der Waals surface area contributed by atoms with Crippen LogP contribution in [0.25, 0.3) is 0 Å². The van der Waals surface area contributed by atoms with Crippen LogP contribution in [0.1, 0.15) is 55.8 Å². The first-order chi connectivity index (χ1) is 13.1. The number of thiophene rings is 1. The number of nitrogens with one attached hydrogen (secondary N) is 1. The molecule has 136 valence electrons. The van der Waals surface area contributed by atoms with Crippen molar-refractivity contribution in [2.24, 2.45) is 0 Å². The van der Waals surface area contributed by atoms with E-state index in [1.165, 1.54) is 0 Å². The van der Waals surface area contributed by atoms with Gasteiger partial charge in [0.15, 0.2) is 0 Å². The van der Waals surface area contributed by atoms with Gasteiger partial charge in [0, 0.05) is 16.9 Å². The molecule has 2 atom stereocenters. The van der Waals surface area contributed by atoms with E-state index in [-0.39, 0.29) is 24.0 Å². The van der Waals surface area contributed by atoms with Crippen molar-refractivity contribution in [1.29, 1.82) is 0 Å². The summed E-state index contributed by atoms with van der Waals surface area (Å²) in [6.07, 6.45) is 0.238. The van der Waals surface area contributed by atoms with E-state index in [0.29, 0.717) is 17.5 Å². The van der Waals surface area contributed by atoms with Gasteiger partial charge < -0.3 is 10.1 Å². The Morgan fingerprint density at radius 1 is 1.15 bits per heavy atom. The van der Waals surface area contributed by atoms with Crippen LogP contribution in [0, 0.1) is 0 Å². The fourth-order valence-electron chi connectivity index (χ4n) is 3.28. The summed E-state index contributed by atoms with van der Waals surface area (Å²) < 4.78 is 5.57. The third-order valence-corrected chi connectivity index (χ3v) is 5.79. The first kappa shape index (κ1) is 17.5. The minimum Gasteiger partial charge on any atom is -0.454 e. The molecule has 1 N–H and O–H groups in total. The number of fused-ring (bicyclic) bond motifs is 1. The molecule has 1 aromatic heterocycles. The maximum atomic E-state index is 12.6. The Bertz CT molecular complexity index is 966. The molecule has 3 aromatic rings. The van der Waals surface area contributed by atoms with Gasteiger partial charge in [-0.1, -0.05) is 36.4 Å². The van der Waals surface area contributed by atoms with Gasteiger partial charge in [-0.05, 0) is 47.7 Å². The van der Waals surface area contributed by atoms with Crippen LogP contribution in [-0.2, 0) is 11.2 Å². The highest BCUT2D eigenvalue weighted by Crippen LogP contribution is 2.31. The summed E-state index contributed by atoms with van der Waals surface area (Å²) in [5.74, 6) is -0.488. The molecule has 2 heterocycles. The number of hydrogen-bond donors (Lipinski definition) is 1. The van der Waals surface area contributed by atoms with E-state index in [2.05, 4.69) is 5.32 Å². The van der Waals surface area contributed by atoms with Crippen molar-refractivity contribution in [3.63, 3.8) is 0 Å². The second kappa shape index (κ2) is 7.37. The van der Waals surface area contributed by atoms with Gasteiger partial charge in [-0.25, -0.2) is 4.79 Å². The molecule has 5 heteroatoms. The molecule has 1 amide bonds. The van der Waals surface area contributed by atoms with Gasteiger partial charge in [0.1, 0.15) is 6.10 Å². The fourth-order valence-corrected chi connectivity index (χ4v) is 4.01. The molecule has 0 fully saturated rings. The van der Waals surface area contributed by atoms with Gasteiger partial charge in [0.25, 0.3) is 5.91 Å². The zero-order valence-electron chi connectivity index (χ0n) is 14.8. The normalized spacial score (nSPS) is 16.9. The molecule has 0 saturated heterocycles. The molecule has 27 heavy (non-hydrogen) atoms. The van der Waals surface area contributed by atoms with E-state index in [1.54, 1.807) is 23.5 Å². The van der Waals surface area contributed by atoms with Crippen LogP contribution in [0.15, 0.2) is 66.0 Å². The van der Waals surface area contributed by atoms with Crippen LogP contribution in [-0.4, -0.2) is 11.9 Å². The number of cyclic esters (lactones) is 1. The SMILES string of the molecule is C[C@H](NC(=O)c1ccc2c(c1)C[C@@H](c1ccccc1)OC2=O)c1cccs1. The van der Waals surface area contributed by atoms with Gasteiger partial charge in [-0.3, -0.25) is 4.79 Å². The van der Waals surface area contributed by atoms with Crippen LogP contribution < -0.4 is 5.32 Å². The number of ether oxygens (including phenoxy) is 1. The zero-order valence-corrected chi connectivity index (χ0v) is 15.7. The van der Waals surface area contributed by atoms with Crippen molar-refractivity contribution >= 4 is 23.2 Å². The molecule has 0 saturated carbocycles. The maximum absolute atomic E-state index is 12.6. The number of carbonyl (C=O) groups is 2. The number of amides is 1. The number of esters is 1. The van der Waals surface area contributed by atoms with Crippen molar-refractivity contribution in [3.05, 3.63) is 93.2 Å². The molecule has 0 radical (unpaired) electrons. The Kier molecular flexibility index (Phi) is 4.77. The molecule has 0 spiro atoms. The van der Waals surface area contributed by atoms with Gasteiger partial charge in [-0.2, -0.15) is 0 Å². The lowest BCUT2D eigenvalue weighted by atomic mass is 9.93. The number of benzene rings is 2. The Labute approximate surface area is 161 Å². The number of rotatable bonds is 4. The summed E-state index contributed by atoms with van der Waals surface area (Å²) >= 11 is 1.61. The van der Waals surface area contributed by atoms with E-state index in [9.17, 15) is 9.59 Å². The predicted molar refractivity (Wildman–Crippen MR) is 105 cm³/mol. The highest BCUT2D eigenvalue weighted by atomic mass is 32.1. The Morgan fingerprint density at radius 2 is 1.96 bits per heavy atom. The summed E-state index contributed by atoms with van der Waals surface area (Å²) in [6, 6.07) is 18.8. The second-order valence-corrected chi connectivity index (χ2v) is 7.57. The summed E-state index contributed by atoms with van der Waals surface area (Å²) in [4.78, 5) is 26.1. The lowest BCUT2D eigenvalue weighted by molar-refractivity contribution is 0.0252. The third-order valence-electron chi connectivity index (χ3n) is 4.73. The standard InChI is InChI=1S/C22H19NO3S/c1-14(20-8-5-11-27-20)23-21(24)16-9-10-18-17(12-16)13-19(26-22(18)25)15-6-3-2-4-7-15/h2-12,14,19H,13H2,1H3,(H,23,24)/t14-,19-/m0/s1. The van der Waals surface area contributed by atoms with E-state index in [4.69, 9.17) is 4.74 Å². The summed E-state index contributed by atoms with van der Waals surface area (Å²) in [7, 11) is 0. The molecule has 0 unspecified atom stereocenters. The van der Waals surface area contributed by atoms with Gasteiger partial charge in [0.05, 0.1) is 11.6 Å². The van der Waals surface area contributed by atoms with E-state index in [0.717, 1.165) is 16.0 Å². The third kappa shape index (κ3) is 3.64. The molecule has 4 nitrogen and oxygen atoms in total. The van der Waals surface area contributed by atoms with Crippen LogP contribution in [0.5, 0.6) is 0 Å². The zero-order chi connectivity index (χ0) is 18.8. The molecule has 1 aliphatic heterocycles. The van der Waals surface area contributed by atoms with Gasteiger partial charge in [0.2, 0.25) is 0 Å². The summed E-state index contributed by atoms with van der Waals surface area (Å²) in [5, 5.41) is 5.01. The van der Waals surface area contributed by atoms with Crippen LogP contribution in [0.4, 0.5) is 0 Å². The van der Waals surface area contributed by atoms with Crippen LogP contribution in [0.2, 0.25) is 0 Å². The largest absolute Gasteiger partial charge is 0.454 e. The van der Waals surface area contributed by atoms with Gasteiger partial charge in [-0.15, -0.1) is 11.3 Å². The van der Waals surface area contributed by atoms with Crippen molar-refractivity contribution in [2.45, 2.75) is 25.5 Å². The molecule has 2 aromatic carbocycles. The molecule has 1 aliphatic rings. The topological polar surface area (TPSA) is 55.4 Å². The molecule has 0 bridgehead atoms. The Hall–Kier alpha value is -2.92. The minimum absolute atomic E-state index is 0.0597. The smallest absolute Gasteiger partial charge is 0.339 e. The minimum atomic E-state index is -0.344. The monoisotopic (exact) mass is 377 g/mol. The molecule has 0 aliphatic carbocycles. The highest BCUT2D eigenvalue weighted by molar-refractivity contribution is 7.10. The first-order valence-electron chi connectivity index (χ1n) is 8.85. The van der Waals surface area contributed by atoms with Crippen molar-refractivity contribution in [1.82, 2.24) is 5.32 Å². The Balaban J connectivity index is 1.56. The van der Waals surface area contributed by atoms with Crippen LogP contribution in [0.3, 0.4) is 0 Å². The Morgan fingerprint density at radius 3 is 2.70 bits per heavy atom. The van der Waals surface area contributed by atoms with Crippen molar-refractivity contribution in [3.8, 4) is 0 Å². The average molecular weight is 377 g/mol. The summed E-state index contributed by atoms with van der Waals surface area (Å²) in [6.45, 7) is 1.96. The maximum Gasteiger partial charge on any atom is 0.339 e. The predicted octanol–water partition coefficient (Wildman–Crippen LogP) is 4.69. The van der Waals surface area contributed by atoms with Crippen LogP contribution >= 0.6 is 11.3 Å². The van der Waals surface area contributed by atoms with Crippen molar-refractivity contribution < 1.29 is 14.3 Å². The first-order valence-corrected chi connectivity index (χ1v) is 9.73. The van der Waals surface area contributed by atoms with Gasteiger partial charge >= 0.3 is 5.97 Å². The van der Waals surface area contributed by atoms with E-state index < -0.39 is 0 Å². The highest BCUT2D eigenvalue weighted by Gasteiger charge is 2.28. The molecule has 4 rings (SSSR count). The fraction of sp³-hybridized carbons (Fsp3) is 0.182.